The fourth-order valence-electron chi connectivity index (χ4n) is 2.08. The van der Waals surface area contributed by atoms with Gasteiger partial charge in [-0.15, -0.1) is 0 Å². The molecule has 0 saturated carbocycles. The molecule has 0 bridgehead atoms. The summed E-state index contributed by atoms with van der Waals surface area (Å²) in [5, 5.41) is 0. The Hall–Kier alpha value is -0.610. The normalized spacial score (nSPS) is 27.9. The molecular formula is C12H24N2O2. The minimum absolute atomic E-state index is 0.137. The molecule has 4 heteroatoms. The SMILES string of the molecule is COC(CN)CC(=O)N1CCC(C)C(C)C1. The van der Waals surface area contributed by atoms with Crippen molar-refractivity contribution in [1.29, 1.82) is 0 Å². The molecule has 1 rings (SSSR count). The second-order valence-electron chi connectivity index (χ2n) is 4.88. The van der Waals surface area contributed by atoms with Gasteiger partial charge >= 0.3 is 0 Å². The molecule has 1 saturated heterocycles. The summed E-state index contributed by atoms with van der Waals surface area (Å²) < 4.78 is 5.14. The second kappa shape index (κ2) is 6.21. The monoisotopic (exact) mass is 228 g/mol. The molecule has 1 amide bonds. The Bertz CT molecular complexity index is 229. The Morgan fingerprint density at radius 3 is 2.69 bits per heavy atom. The first kappa shape index (κ1) is 13.5. The summed E-state index contributed by atoms with van der Waals surface area (Å²) in [6.45, 7) is 6.62. The van der Waals surface area contributed by atoms with Crippen molar-refractivity contribution < 1.29 is 9.53 Å². The number of nitrogens with two attached hydrogens (primary N) is 1. The Balaban J connectivity index is 2.42. The summed E-state index contributed by atoms with van der Waals surface area (Å²) >= 11 is 0. The molecule has 1 fully saturated rings. The van der Waals surface area contributed by atoms with Crippen LogP contribution in [0, 0.1) is 11.8 Å². The number of carbonyl (C=O) groups excluding carboxylic acids is 1. The smallest absolute Gasteiger partial charge is 0.225 e. The summed E-state index contributed by atoms with van der Waals surface area (Å²) in [6.07, 6.45) is 1.38. The zero-order valence-corrected chi connectivity index (χ0v) is 10.6. The Labute approximate surface area is 98.1 Å². The van der Waals surface area contributed by atoms with Gasteiger partial charge in [-0.25, -0.2) is 0 Å². The number of carbonyl (C=O) groups is 1. The maximum Gasteiger partial charge on any atom is 0.225 e. The van der Waals surface area contributed by atoms with Crippen LogP contribution in [0.3, 0.4) is 0 Å². The quantitative estimate of drug-likeness (QED) is 0.776. The summed E-state index contributed by atoms with van der Waals surface area (Å²) in [6, 6.07) is 0. The Kier molecular flexibility index (Phi) is 5.22. The van der Waals surface area contributed by atoms with Gasteiger partial charge in [0.25, 0.3) is 0 Å². The summed E-state index contributed by atoms with van der Waals surface area (Å²) in [7, 11) is 1.60. The highest BCUT2D eigenvalue weighted by Gasteiger charge is 2.26. The van der Waals surface area contributed by atoms with Gasteiger partial charge in [-0.3, -0.25) is 4.79 Å². The van der Waals surface area contributed by atoms with Gasteiger partial charge in [-0.05, 0) is 18.3 Å². The molecule has 0 aromatic heterocycles. The van der Waals surface area contributed by atoms with Gasteiger partial charge in [0, 0.05) is 26.7 Å². The lowest BCUT2D eigenvalue weighted by Gasteiger charge is -2.35. The van der Waals surface area contributed by atoms with Crippen molar-refractivity contribution in [1.82, 2.24) is 4.90 Å². The molecule has 3 unspecified atom stereocenters. The van der Waals surface area contributed by atoms with Crippen molar-refractivity contribution in [3.8, 4) is 0 Å². The summed E-state index contributed by atoms with van der Waals surface area (Å²) in [5.41, 5.74) is 5.51. The molecule has 94 valence electrons. The number of rotatable bonds is 4. The number of likely N-dealkylation sites (tertiary alicyclic amines) is 1. The first-order valence-corrected chi connectivity index (χ1v) is 6.09. The molecule has 1 aliphatic rings. The summed E-state index contributed by atoms with van der Waals surface area (Å²) in [5.74, 6) is 1.49. The maximum absolute atomic E-state index is 12.0. The molecule has 0 aliphatic carbocycles. The van der Waals surface area contributed by atoms with E-state index in [2.05, 4.69) is 13.8 Å². The summed E-state index contributed by atoms with van der Waals surface area (Å²) in [4.78, 5) is 13.9. The van der Waals surface area contributed by atoms with Gasteiger partial charge in [-0.2, -0.15) is 0 Å². The van der Waals surface area contributed by atoms with Crippen LogP contribution in [0.4, 0.5) is 0 Å². The van der Waals surface area contributed by atoms with E-state index in [-0.39, 0.29) is 12.0 Å². The average molecular weight is 228 g/mol. The van der Waals surface area contributed by atoms with Gasteiger partial charge < -0.3 is 15.4 Å². The number of nitrogens with zero attached hydrogens (tertiary/aromatic N) is 1. The van der Waals surface area contributed by atoms with E-state index in [1.807, 2.05) is 4.90 Å². The third-order valence-electron chi connectivity index (χ3n) is 3.69. The van der Waals surface area contributed by atoms with Crippen molar-refractivity contribution in [3.63, 3.8) is 0 Å². The molecule has 4 nitrogen and oxygen atoms in total. The number of hydrogen-bond acceptors (Lipinski definition) is 3. The van der Waals surface area contributed by atoms with Crippen LogP contribution in [-0.4, -0.2) is 43.7 Å². The Morgan fingerprint density at radius 1 is 1.50 bits per heavy atom. The van der Waals surface area contributed by atoms with E-state index in [1.54, 1.807) is 7.11 Å². The molecule has 0 spiro atoms. The van der Waals surface area contributed by atoms with Crippen LogP contribution in [0.2, 0.25) is 0 Å². The lowest BCUT2D eigenvalue weighted by molar-refractivity contribution is -0.136. The molecule has 16 heavy (non-hydrogen) atoms. The van der Waals surface area contributed by atoms with E-state index < -0.39 is 0 Å². The van der Waals surface area contributed by atoms with Crippen molar-refractivity contribution in [2.24, 2.45) is 17.6 Å². The van der Waals surface area contributed by atoms with E-state index in [0.29, 0.717) is 18.9 Å². The van der Waals surface area contributed by atoms with E-state index in [9.17, 15) is 4.79 Å². The molecule has 0 radical (unpaired) electrons. The maximum atomic E-state index is 12.0. The average Bonchev–Trinajstić information content (AvgIpc) is 2.29. The van der Waals surface area contributed by atoms with E-state index in [1.165, 1.54) is 0 Å². The van der Waals surface area contributed by atoms with Crippen molar-refractivity contribution in [2.45, 2.75) is 32.8 Å². The van der Waals surface area contributed by atoms with Crippen LogP contribution in [0.5, 0.6) is 0 Å². The topological polar surface area (TPSA) is 55.6 Å². The minimum atomic E-state index is -0.137. The number of methoxy groups -OCH3 is 1. The highest BCUT2D eigenvalue weighted by molar-refractivity contribution is 5.76. The van der Waals surface area contributed by atoms with Gasteiger partial charge in [0.05, 0.1) is 12.5 Å². The molecule has 1 aliphatic heterocycles. The first-order valence-electron chi connectivity index (χ1n) is 6.09. The molecule has 1 heterocycles. The third kappa shape index (κ3) is 3.46. The van der Waals surface area contributed by atoms with E-state index in [4.69, 9.17) is 10.5 Å². The number of piperidine rings is 1. The van der Waals surface area contributed by atoms with Crippen LogP contribution in [0.15, 0.2) is 0 Å². The highest BCUT2D eigenvalue weighted by atomic mass is 16.5. The zero-order chi connectivity index (χ0) is 12.1. The Morgan fingerprint density at radius 2 is 2.19 bits per heavy atom. The fraction of sp³-hybridized carbons (Fsp3) is 0.917. The molecule has 3 atom stereocenters. The molecule has 0 aromatic carbocycles. The lowest BCUT2D eigenvalue weighted by Crippen LogP contribution is -2.44. The highest BCUT2D eigenvalue weighted by Crippen LogP contribution is 2.23. The van der Waals surface area contributed by atoms with Crippen molar-refractivity contribution in [3.05, 3.63) is 0 Å². The lowest BCUT2D eigenvalue weighted by atomic mass is 9.88. The van der Waals surface area contributed by atoms with Gasteiger partial charge in [0.1, 0.15) is 0 Å². The van der Waals surface area contributed by atoms with Crippen LogP contribution >= 0.6 is 0 Å². The van der Waals surface area contributed by atoms with Crippen molar-refractivity contribution >= 4 is 5.91 Å². The number of ether oxygens (including phenoxy) is 1. The second-order valence-corrected chi connectivity index (χ2v) is 4.88. The predicted molar refractivity (Wildman–Crippen MR) is 64.0 cm³/mol. The van der Waals surface area contributed by atoms with Crippen LogP contribution in [0.1, 0.15) is 26.7 Å². The van der Waals surface area contributed by atoms with Crippen molar-refractivity contribution in [2.75, 3.05) is 26.7 Å². The molecule has 2 N–H and O–H groups in total. The predicted octanol–water partition coefficient (Wildman–Crippen LogP) is 0.855. The largest absolute Gasteiger partial charge is 0.380 e. The third-order valence-corrected chi connectivity index (χ3v) is 3.69. The number of hydrogen-bond donors (Lipinski definition) is 1. The van der Waals surface area contributed by atoms with Crippen LogP contribution in [-0.2, 0) is 9.53 Å². The van der Waals surface area contributed by atoms with E-state index >= 15 is 0 Å². The molecular weight excluding hydrogens is 204 g/mol. The van der Waals surface area contributed by atoms with Crippen LogP contribution < -0.4 is 5.73 Å². The standard InChI is InChI=1S/C12H24N2O2/c1-9-4-5-14(8-10(9)2)12(15)6-11(7-13)16-3/h9-11H,4-8,13H2,1-3H3. The zero-order valence-electron chi connectivity index (χ0n) is 10.6. The number of amides is 1. The van der Waals surface area contributed by atoms with Gasteiger partial charge in [0.2, 0.25) is 5.91 Å². The fourth-order valence-corrected chi connectivity index (χ4v) is 2.08. The van der Waals surface area contributed by atoms with E-state index in [0.717, 1.165) is 25.4 Å². The minimum Gasteiger partial charge on any atom is -0.380 e. The molecule has 0 aromatic rings. The first-order chi connectivity index (χ1) is 7.58. The van der Waals surface area contributed by atoms with Gasteiger partial charge in [0.15, 0.2) is 0 Å². The van der Waals surface area contributed by atoms with Gasteiger partial charge in [-0.1, -0.05) is 13.8 Å². The van der Waals surface area contributed by atoms with Crippen LogP contribution in [0.25, 0.3) is 0 Å².